The molecule has 0 radical (unpaired) electrons. The van der Waals surface area contributed by atoms with Gasteiger partial charge < -0.3 is 9.84 Å². The van der Waals surface area contributed by atoms with Gasteiger partial charge in [-0.25, -0.2) is 0 Å². The maximum atomic E-state index is 10.2. The number of aliphatic hydroxyl groups excluding tert-OH is 1. The normalized spacial score (nSPS) is 27.2. The number of benzene rings is 1. The van der Waals surface area contributed by atoms with Crippen molar-refractivity contribution >= 4 is 23.4 Å². The molecule has 2 atom stereocenters. The Morgan fingerprint density at radius 2 is 2.38 bits per heavy atom. The number of hydrogen-bond acceptors (Lipinski definition) is 3. The van der Waals surface area contributed by atoms with Gasteiger partial charge in [-0.3, -0.25) is 0 Å². The molecule has 0 bridgehead atoms. The van der Waals surface area contributed by atoms with Crippen LogP contribution < -0.4 is 4.74 Å². The van der Waals surface area contributed by atoms with E-state index in [1.165, 1.54) is 5.56 Å². The molecule has 0 aliphatic carbocycles. The summed E-state index contributed by atoms with van der Waals surface area (Å²) < 4.78 is 5.65. The minimum atomic E-state index is -0.476. The van der Waals surface area contributed by atoms with Gasteiger partial charge in [0.1, 0.15) is 5.75 Å². The highest BCUT2D eigenvalue weighted by Crippen LogP contribution is 2.47. The summed E-state index contributed by atoms with van der Waals surface area (Å²) in [6, 6.07) is 1.95. The molecule has 0 amide bonds. The number of aliphatic hydroxyl groups is 1. The van der Waals surface area contributed by atoms with Crippen molar-refractivity contribution in [3.63, 3.8) is 0 Å². The minimum Gasteiger partial charge on any atom is -0.493 e. The van der Waals surface area contributed by atoms with E-state index in [9.17, 15) is 5.11 Å². The molecular weight excluding hydrogens is 244 g/mol. The first-order chi connectivity index (χ1) is 7.68. The van der Waals surface area contributed by atoms with Crippen LogP contribution in [0.5, 0.6) is 5.75 Å². The Morgan fingerprint density at radius 1 is 1.56 bits per heavy atom. The average molecular weight is 257 g/mol. The van der Waals surface area contributed by atoms with Crippen LogP contribution in [0.2, 0.25) is 5.02 Å². The highest BCUT2D eigenvalue weighted by atomic mass is 35.5. The van der Waals surface area contributed by atoms with Crippen molar-refractivity contribution in [2.24, 2.45) is 0 Å². The molecule has 1 aromatic rings. The number of rotatable bonds is 0. The second kappa shape index (κ2) is 3.83. The summed E-state index contributed by atoms with van der Waals surface area (Å²) in [5.74, 6) is 1.86. The van der Waals surface area contributed by atoms with Gasteiger partial charge in [0.25, 0.3) is 0 Å². The maximum absolute atomic E-state index is 10.2. The van der Waals surface area contributed by atoms with E-state index in [4.69, 9.17) is 16.3 Å². The molecule has 0 saturated heterocycles. The van der Waals surface area contributed by atoms with Gasteiger partial charge in [-0.1, -0.05) is 18.5 Å². The maximum Gasteiger partial charge on any atom is 0.127 e. The topological polar surface area (TPSA) is 29.5 Å². The van der Waals surface area contributed by atoms with Crippen molar-refractivity contribution in [3.05, 3.63) is 27.8 Å². The average Bonchev–Trinajstić information content (AvgIpc) is 2.70. The predicted octanol–water partition coefficient (Wildman–Crippen LogP) is 2.94. The fourth-order valence-corrected chi connectivity index (χ4v) is 3.78. The van der Waals surface area contributed by atoms with Gasteiger partial charge in [0, 0.05) is 33.6 Å². The summed E-state index contributed by atoms with van der Waals surface area (Å²) in [5, 5.41) is 11.1. The molecule has 2 unspecified atom stereocenters. The Labute approximate surface area is 104 Å². The molecule has 2 nitrogen and oxygen atoms in total. The molecule has 86 valence electrons. The van der Waals surface area contributed by atoms with Gasteiger partial charge >= 0.3 is 0 Å². The number of ether oxygens (including phenoxy) is 1. The van der Waals surface area contributed by atoms with Crippen LogP contribution in [0.3, 0.4) is 0 Å². The van der Waals surface area contributed by atoms with Crippen molar-refractivity contribution in [1.82, 2.24) is 0 Å². The summed E-state index contributed by atoms with van der Waals surface area (Å²) in [6.07, 6.45) is 0.453. The second-order valence-electron chi connectivity index (χ2n) is 4.30. The standard InChI is InChI=1S/C12H13ClO2S/c1-6-11(14)10-8(5-16-6)12-7(2-3-15-12)4-9(10)13/h4,6,11,14H,2-3,5H2,1H3. The van der Waals surface area contributed by atoms with Crippen molar-refractivity contribution in [3.8, 4) is 5.75 Å². The summed E-state index contributed by atoms with van der Waals surface area (Å²) in [4.78, 5) is 0. The molecule has 2 aliphatic rings. The molecule has 4 heteroatoms. The summed E-state index contributed by atoms with van der Waals surface area (Å²) in [5.41, 5.74) is 3.18. The van der Waals surface area contributed by atoms with E-state index in [2.05, 4.69) is 0 Å². The lowest BCUT2D eigenvalue weighted by molar-refractivity contribution is 0.176. The third-order valence-corrected chi connectivity index (χ3v) is 4.85. The van der Waals surface area contributed by atoms with Crippen molar-refractivity contribution < 1.29 is 9.84 Å². The van der Waals surface area contributed by atoms with Crippen LogP contribution in [0.1, 0.15) is 29.7 Å². The monoisotopic (exact) mass is 256 g/mol. The first-order valence-corrected chi connectivity index (χ1v) is 6.87. The van der Waals surface area contributed by atoms with E-state index in [-0.39, 0.29) is 5.25 Å². The molecule has 1 N–H and O–H groups in total. The van der Waals surface area contributed by atoms with Crippen molar-refractivity contribution in [1.29, 1.82) is 0 Å². The number of hydrogen-bond donors (Lipinski definition) is 1. The van der Waals surface area contributed by atoms with E-state index >= 15 is 0 Å². The zero-order valence-corrected chi connectivity index (χ0v) is 10.6. The Bertz CT molecular complexity index is 447. The van der Waals surface area contributed by atoms with Crippen LogP contribution in [-0.4, -0.2) is 17.0 Å². The van der Waals surface area contributed by atoms with Crippen molar-refractivity contribution in [2.75, 3.05) is 6.61 Å². The molecule has 0 spiro atoms. The smallest absolute Gasteiger partial charge is 0.127 e. The molecule has 16 heavy (non-hydrogen) atoms. The zero-order chi connectivity index (χ0) is 11.3. The summed E-state index contributed by atoms with van der Waals surface area (Å²) >= 11 is 8.02. The van der Waals surface area contributed by atoms with Crippen molar-refractivity contribution in [2.45, 2.75) is 30.5 Å². The molecule has 0 saturated carbocycles. The predicted molar refractivity (Wildman–Crippen MR) is 66.4 cm³/mol. The van der Waals surface area contributed by atoms with E-state index in [0.717, 1.165) is 35.7 Å². The number of fused-ring (bicyclic) bond motifs is 3. The number of halogens is 1. The largest absolute Gasteiger partial charge is 0.493 e. The molecule has 2 heterocycles. The van der Waals surface area contributed by atoms with Crippen LogP contribution in [0, 0.1) is 0 Å². The second-order valence-corrected chi connectivity index (χ2v) is 6.07. The quantitative estimate of drug-likeness (QED) is 0.774. The molecule has 1 aromatic carbocycles. The van der Waals surface area contributed by atoms with Gasteiger partial charge in [-0.05, 0) is 11.6 Å². The lowest BCUT2D eigenvalue weighted by Gasteiger charge is -2.29. The fraction of sp³-hybridized carbons (Fsp3) is 0.500. The van der Waals surface area contributed by atoms with Crippen LogP contribution >= 0.6 is 23.4 Å². The van der Waals surface area contributed by atoms with Crippen LogP contribution in [0.15, 0.2) is 6.07 Å². The van der Waals surface area contributed by atoms with E-state index in [1.807, 2.05) is 13.0 Å². The summed E-state index contributed by atoms with van der Waals surface area (Å²) in [7, 11) is 0. The van der Waals surface area contributed by atoms with Gasteiger partial charge in [-0.2, -0.15) is 11.8 Å². The molecule has 2 aliphatic heterocycles. The van der Waals surface area contributed by atoms with Crippen LogP contribution in [0.4, 0.5) is 0 Å². The van der Waals surface area contributed by atoms with Gasteiger partial charge in [-0.15, -0.1) is 0 Å². The van der Waals surface area contributed by atoms with Crippen LogP contribution in [-0.2, 0) is 12.2 Å². The minimum absolute atomic E-state index is 0.199. The highest BCUT2D eigenvalue weighted by molar-refractivity contribution is 7.99. The fourth-order valence-electron chi connectivity index (χ4n) is 2.39. The lowest BCUT2D eigenvalue weighted by atomic mass is 9.96. The van der Waals surface area contributed by atoms with Gasteiger partial charge in [0.05, 0.1) is 12.7 Å². The molecule has 0 aromatic heterocycles. The first-order valence-electron chi connectivity index (χ1n) is 5.45. The van der Waals surface area contributed by atoms with Crippen LogP contribution in [0.25, 0.3) is 0 Å². The number of thioether (sulfide) groups is 1. The Balaban J connectivity index is 2.21. The summed E-state index contributed by atoms with van der Waals surface area (Å²) in [6.45, 7) is 2.76. The SMILES string of the molecule is CC1SCc2c3c(cc(Cl)c2C1O)CCO3. The Hall–Kier alpha value is -0.380. The molecular formula is C12H13ClO2S. The Morgan fingerprint density at radius 3 is 3.19 bits per heavy atom. The molecule has 0 fully saturated rings. The zero-order valence-electron chi connectivity index (χ0n) is 9.00. The van der Waals surface area contributed by atoms with E-state index < -0.39 is 6.10 Å². The van der Waals surface area contributed by atoms with E-state index in [1.54, 1.807) is 11.8 Å². The van der Waals surface area contributed by atoms with Gasteiger partial charge in [0.15, 0.2) is 0 Å². The first kappa shape index (κ1) is 10.8. The Kier molecular flexibility index (Phi) is 2.57. The lowest BCUT2D eigenvalue weighted by Crippen LogP contribution is -2.19. The molecule has 3 rings (SSSR count). The highest BCUT2D eigenvalue weighted by Gasteiger charge is 2.32. The third-order valence-electron chi connectivity index (χ3n) is 3.30. The van der Waals surface area contributed by atoms with E-state index in [0.29, 0.717) is 5.02 Å². The third kappa shape index (κ3) is 1.45. The van der Waals surface area contributed by atoms with Gasteiger partial charge in [0.2, 0.25) is 0 Å².